The highest BCUT2D eigenvalue weighted by Gasteiger charge is 2.21. The van der Waals surface area contributed by atoms with E-state index in [0.717, 1.165) is 12.8 Å². The molecule has 2 atom stereocenters. The normalized spacial score (nSPS) is 37.0. The van der Waals surface area contributed by atoms with E-state index in [2.05, 4.69) is 22.0 Å². The molecule has 0 spiro atoms. The largest absolute Gasteiger partial charge is 0.198 e. The molecule has 0 N–H and O–H groups in total. The maximum Gasteiger partial charge on any atom is 0.0656 e. The lowest BCUT2D eigenvalue weighted by Crippen LogP contribution is -1.89. The number of rotatable bonds is 0. The Bertz CT molecular complexity index is 116. The molecule has 1 aliphatic carbocycles. The van der Waals surface area contributed by atoms with Crippen LogP contribution in [0.25, 0.3) is 0 Å². The smallest absolute Gasteiger partial charge is 0.0656 e. The van der Waals surface area contributed by atoms with Crippen molar-refractivity contribution < 1.29 is 0 Å². The predicted octanol–water partition coefficient (Wildman–Crippen LogP) is 2.07. The van der Waals surface area contributed by atoms with Crippen LogP contribution in [0.5, 0.6) is 0 Å². The first-order valence-electron chi connectivity index (χ1n) is 2.86. The van der Waals surface area contributed by atoms with Gasteiger partial charge >= 0.3 is 0 Å². The van der Waals surface area contributed by atoms with Gasteiger partial charge in [-0.25, -0.2) is 0 Å². The second-order valence-electron chi connectivity index (χ2n) is 2.24. The summed E-state index contributed by atoms with van der Waals surface area (Å²) < 4.78 is 0. The van der Waals surface area contributed by atoms with Crippen LogP contribution in [-0.2, 0) is 0 Å². The first-order chi connectivity index (χ1) is 3.83. The predicted molar refractivity (Wildman–Crippen MR) is 35.7 cm³/mol. The fourth-order valence-corrected chi connectivity index (χ4v) is 1.76. The van der Waals surface area contributed by atoms with Gasteiger partial charge in [-0.2, -0.15) is 5.26 Å². The van der Waals surface area contributed by atoms with Crippen molar-refractivity contribution in [3.05, 3.63) is 0 Å². The molecule has 0 aliphatic heterocycles. The second kappa shape index (κ2) is 2.50. The van der Waals surface area contributed by atoms with E-state index in [1.165, 1.54) is 6.42 Å². The topological polar surface area (TPSA) is 23.8 Å². The highest BCUT2D eigenvalue weighted by Crippen LogP contribution is 2.29. The zero-order valence-corrected chi connectivity index (χ0v) is 6.19. The quantitative estimate of drug-likeness (QED) is 0.515. The summed E-state index contributed by atoms with van der Waals surface area (Å²) >= 11 is 3.47. The third-order valence-electron chi connectivity index (χ3n) is 1.55. The Kier molecular flexibility index (Phi) is 1.90. The highest BCUT2D eigenvalue weighted by atomic mass is 79.9. The number of hydrogen-bond donors (Lipinski definition) is 0. The van der Waals surface area contributed by atoms with Gasteiger partial charge < -0.3 is 0 Å². The summed E-state index contributed by atoms with van der Waals surface area (Å²) in [7, 11) is 0. The second-order valence-corrected chi connectivity index (χ2v) is 3.53. The van der Waals surface area contributed by atoms with Crippen LogP contribution in [-0.4, -0.2) is 4.83 Å². The molecule has 1 saturated carbocycles. The van der Waals surface area contributed by atoms with E-state index < -0.39 is 0 Å². The standard InChI is InChI=1S/C6H8BrN/c7-6-2-1-5(3-6)4-8/h5-6H,1-3H2/t5-,6-/m1/s1. The molecule has 0 bridgehead atoms. The zero-order valence-electron chi connectivity index (χ0n) is 4.60. The van der Waals surface area contributed by atoms with Crippen molar-refractivity contribution in [2.75, 3.05) is 0 Å². The summed E-state index contributed by atoms with van der Waals surface area (Å²) in [5, 5.41) is 8.41. The molecule has 0 aromatic heterocycles. The molecule has 1 aliphatic rings. The number of nitriles is 1. The zero-order chi connectivity index (χ0) is 5.98. The summed E-state index contributed by atoms with van der Waals surface area (Å²) in [4.78, 5) is 0.618. The van der Waals surface area contributed by atoms with Gasteiger partial charge in [-0.15, -0.1) is 0 Å². The lowest BCUT2D eigenvalue weighted by atomic mass is 10.1. The Morgan fingerprint density at radius 2 is 2.25 bits per heavy atom. The van der Waals surface area contributed by atoms with Gasteiger partial charge in [-0.3, -0.25) is 0 Å². The Balaban J connectivity index is 2.35. The van der Waals surface area contributed by atoms with Crippen molar-refractivity contribution in [2.45, 2.75) is 24.1 Å². The lowest BCUT2D eigenvalue weighted by Gasteiger charge is -1.92. The fourth-order valence-electron chi connectivity index (χ4n) is 1.04. The van der Waals surface area contributed by atoms with Crippen LogP contribution in [0, 0.1) is 17.2 Å². The Hall–Kier alpha value is -0.0300. The molecule has 8 heavy (non-hydrogen) atoms. The molecule has 0 heterocycles. The molecule has 0 radical (unpaired) electrons. The van der Waals surface area contributed by atoms with Crippen LogP contribution in [0.2, 0.25) is 0 Å². The van der Waals surface area contributed by atoms with Crippen molar-refractivity contribution in [1.82, 2.24) is 0 Å². The van der Waals surface area contributed by atoms with E-state index in [1.54, 1.807) is 0 Å². The van der Waals surface area contributed by atoms with Crippen LogP contribution < -0.4 is 0 Å². The van der Waals surface area contributed by atoms with E-state index >= 15 is 0 Å². The Morgan fingerprint density at radius 1 is 1.50 bits per heavy atom. The molecular formula is C6H8BrN. The fraction of sp³-hybridized carbons (Fsp3) is 0.833. The van der Waals surface area contributed by atoms with Gasteiger partial charge in [0.25, 0.3) is 0 Å². The molecule has 0 amide bonds. The highest BCUT2D eigenvalue weighted by molar-refractivity contribution is 9.09. The average Bonchev–Trinajstić information content (AvgIpc) is 2.14. The van der Waals surface area contributed by atoms with Crippen molar-refractivity contribution in [1.29, 1.82) is 5.26 Å². The SMILES string of the molecule is N#C[C@@H]1CC[C@@H](Br)C1. The first kappa shape index (κ1) is 6.10. The van der Waals surface area contributed by atoms with Gasteiger partial charge in [-0.1, -0.05) is 15.9 Å². The van der Waals surface area contributed by atoms with Crippen LogP contribution >= 0.6 is 15.9 Å². The molecule has 2 heteroatoms. The van der Waals surface area contributed by atoms with Crippen molar-refractivity contribution >= 4 is 15.9 Å². The van der Waals surface area contributed by atoms with Gasteiger partial charge in [0.15, 0.2) is 0 Å². The maximum atomic E-state index is 8.41. The summed E-state index contributed by atoms with van der Waals surface area (Å²) in [5.41, 5.74) is 0. The summed E-state index contributed by atoms with van der Waals surface area (Å²) in [6.07, 6.45) is 3.32. The summed E-state index contributed by atoms with van der Waals surface area (Å²) in [6, 6.07) is 2.26. The molecule has 0 unspecified atom stereocenters. The molecule has 0 aromatic rings. The van der Waals surface area contributed by atoms with E-state index in [9.17, 15) is 0 Å². The number of nitrogens with zero attached hydrogens (tertiary/aromatic N) is 1. The van der Waals surface area contributed by atoms with Gasteiger partial charge in [0.2, 0.25) is 0 Å². The number of halogens is 1. The van der Waals surface area contributed by atoms with E-state index in [0.29, 0.717) is 10.7 Å². The van der Waals surface area contributed by atoms with Crippen LogP contribution in [0.15, 0.2) is 0 Å². The van der Waals surface area contributed by atoms with E-state index in [1.807, 2.05) is 0 Å². The minimum absolute atomic E-state index is 0.333. The Labute approximate surface area is 57.8 Å². The lowest BCUT2D eigenvalue weighted by molar-refractivity contribution is 0.704. The molecule has 1 fully saturated rings. The van der Waals surface area contributed by atoms with E-state index in [-0.39, 0.29) is 0 Å². The average molecular weight is 174 g/mol. The van der Waals surface area contributed by atoms with Crippen molar-refractivity contribution in [2.24, 2.45) is 5.92 Å². The molecular weight excluding hydrogens is 166 g/mol. The van der Waals surface area contributed by atoms with Crippen molar-refractivity contribution in [3.63, 3.8) is 0 Å². The summed E-state index contributed by atoms with van der Waals surface area (Å²) in [5.74, 6) is 0.333. The molecule has 44 valence electrons. The molecule has 0 saturated heterocycles. The summed E-state index contributed by atoms with van der Waals surface area (Å²) in [6.45, 7) is 0. The minimum Gasteiger partial charge on any atom is -0.198 e. The maximum absolute atomic E-state index is 8.41. The van der Waals surface area contributed by atoms with Gasteiger partial charge in [-0.05, 0) is 19.3 Å². The van der Waals surface area contributed by atoms with Gasteiger partial charge in [0.05, 0.1) is 6.07 Å². The third-order valence-corrected chi connectivity index (χ3v) is 2.38. The third kappa shape index (κ3) is 1.23. The number of alkyl halides is 1. The molecule has 1 nitrogen and oxygen atoms in total. The van der Waals surface area contributed by atoms with Crippen LogP contribution in [0.1, 0.15) is 19.3 Å². The Morgan fingerprint density at radius 3 is 2.50 bits per heavy atom. The first-order valence-corrected chi connectivity index (χ1v) is 3.78. The van der Waals surface area contributed by atoms with Crippen LogP contribution in [0.3, 0.4) is 0 Å². The van der Waals surface area contributed by atoms with Crippen molar-refractivity contribution in [3.8, 4) is 6.07 Å². The number of hydrogen-bond acceptors (Lipinski definition) is 1. The van der Waals surface area contributed by atoms with E-state index in [4.69, 9.17) is 5.26 Å². The minimum atomic E-state index is 0.333. The molecule has 1 rings (SSSR count). The van der Waals surface area contributed by atoms with Gasteiger partial charge in [0, 0.05) is 10.7 Å². The van der Waals surface area contributed by atoms with Crippen LogP contribution in [0.4, 0.5) is 0 Å². The monoisotopic (exact) mass is 173 g/mol. The molecule has 0 aromatic carbocycles. The van der Waals surface area contributed by atoms with Gasteiger partial charge in [0.1, 0.15) is 0 Å².